The normalized spacial score (nSPS) is 19.3. The number of hydrogen-bond donors (Lipinski definition) is 3. The van der Waals surface area contributed by atoms with Gasteiger partial charge in [0.1, 0.15) is 0 Å². The molecule has 0 aliphatic carbocycles. The molecule has 1 aliphatic heterocycles. The number of aliphatic hydroxyl groups excluding tert-OH is 1. The summed E-state index contributed by atoms with van der Waals surface area (Å²) in [4.78, 5) is 17.4. The number of nitrogens with zero attached hydrogens (tertiary/aromatic N) is 5. The van der Waals surface area contributed by atoms with Crippen LogP contribution in [0.3, 0.4) is 0 Å². The lowest BCUT2D eigenvalue weighted by molar-refractivity contribution is 0.203. The molecule has 1 fully saturated rings. The van der Waals surface area contributed by atoms with Crippen molar-refractivity contribution in [1.82, 2.24) is 24.8 Å². The second-order valence-corrected chi connectivity index (χ2v) is 8.71. The number of likely N-dealkylation sites (tertiary alicyclic amines) is 1. The van der Waals surface area contributed by atoms with Gasteiger partial charge in [0.15, 0.2) is 11.6 Å². The predicted molar refractivity (Wildman–Crippen MR) is 129 cm³/mol. The maximum Gasteiger partial charge on any atom is 0.220 e. The third-order valence-electron chi connectivity index (χ3n) is 6.41. The first-order chi connectivity index (χ1) is 15.8. The molecule has 3 heterocycles. The van der Waals surface area contributed by atoms with Crippen molar-refractivity contribution in [3.05, 3.63) is 53.3 Å². The lowest BCUT2D eigenvalue weighted by atomic mass is 9.93. The number of pyridine rings is 1. The Hall–Kier alpha value is -2.62. The Morgan fingerprint density at radius 3 is 2.88 bits per heavy atom. The van der Waals surface area contributed by atoms with E-state index in [0.29, 0.717) is 11.5 Å². The fraction of sp³-hybridized carbons (Fsp3) is 0.542. The van der Waals surface area contributed by atoms with Crippen molar-refractivity contribution in [1.29, 1.82) is 0 Å². The zero-order chi connectivity index (χ0) is 24.0. The van der Waals surface area contributed by atoms with Gasteiger partial charge in [-0.25, -0.2) is 19.3 Å². The Morgan fingerprint density at radius 1 is 1.36 bits per heavy atom. The first kappa shape index (κ1) is 25.0. The molecule has 0 radical (unpaired) electrons. The van der Waals surface area contributed by atoms with Crippen molar-refractivity contribution in [2.24, 2.45) is 0 Å². The van der Waals surface area contributed by atoms with E-state index in [9.17, 15) is 9.50 Å². The molecule has 1 saturated heterocycles. The fourth-order valence-corrected chi connectivity index (χ4v) is 4.55. The fourth-order valence-electron chi connectivity index (χ4n) is 4.55. The van der Waals surface area contributed by atoms with Crippen LogP contribution in [0.1, 0.15) is 68.1 Å². The van der Waals surface area contributed by atoms with Crippen molar-refractivity contribution in [3.63, 3.8) is 0 Å². The third-order valence-corrected chi connectivity index (χ3v) is 6.41. The second kappa shape index (κ2) is 11.5. The van der Waals surface area contributed by atoms with Crippen LogP contribution in [-0.4, -0.2) is 63.1 Å². The summed E-state index contributed by atoms with van der Waals surface area (Å²) in [5.41, 5.74) is 13.9. The molecule has 8 nitrogen and oxygen atoms in total. The molecule has 1 aliphatic rings. The summed E-state index contributed by atoms with van der Waals surface area (Å²) in [5.74, 6) is -0.157. The third kappa shape index (κ3) is 6.04. The van der Waals surface area contributed by atoms with Gasteiger partial charge in [0, 0.05) is 24.2 Å². The van der Waals surface area contributed by atoms with E-state index < -0.39 is 11.9 Å². The number of nitrogen functional groups attached to an aromatic ring is 2. The molecule has 3 unspecified atom stereocenters. The van der Waals surface area contributed by atoms with Gasteiger partial charge in [0.05, 0.1) is 30.1 Å². The van der Waals surface area contributed by atoms with E-state index in [2.05, 4.69) is 26.8 Å². The van der Waals surface area contributed by atoms with Gasteiger partial charge in [-0.15, -0.1) is 0 Å². The van der Waals surface area contributed by atoms with Crippen molar-refractivity contribution in [3.8, 4) is 0 Å². The highest BCUT2D eigenvalue weighted by Crippen LogP contribution is 2.33. The number of rotatable bonds is 9. The minimum absolute atomic E-state index is 0.151. The van der Waals surface area contributed by atoms with E-state index in [4.69, 9.17) is 11.5 Å². The number of anilines is 2. The quantitative estimate of drug-likeness (QED) is 0.492. The number of nitrogens with two attached hydrogens (primary N) is 2. The second-order valence-electron chi connectivity index (χ2n) is 8.71. The van der Waals surface area contributed by atoms with Gasteiger partial charge in [-0.3, -0.25) is 4.90 Å². The van der Waals surface area contributed by atoms with Gasteiger partial charge in [0.2, 0.25) is 5.95 Å². The van der Waals surface area contributed by atoms with E-state index in [1.165, 1.54) is 6.20 Å². The highest BCUT2D eigenvalue weighted by Gasteiger charge is 2.27. The predicted octanol–water partition coefficient (Wildman–Crippen LogP) is 3.05. The molecule has 2 aromatic rings. The summed E-state index contributed by atoms with van der Waals surface area (Å²) in [7, 11) is 1.88. The molecule has 0 spiro atoms. The molecule has 0 aromatic carbocycles. The number of likely N-dealkylation sites (N-methyl/N-ethyl adjacent to an activating group) is 1. The van der Waals surface area contributed by atoms with Crippen LogP contribution < -0.4 is 11.5 Å². The Morgan fingerprint density at radius 2 is 2.15 bits per heavy atom. The van der Waals surface area contributed by atoms with E-state index in [0.717, 1.165) is 50.3 Å². The topological polar surface area (TPSA) is 117 Å². The standard InChI is InChI=1S/C24H36FN7O/c1-4-11-32-12-5-7-17(15-32)20-14-19(29-24(27)30-20)16(2)31(3)21(8-6-13-33)18-9-10-28-23(26)22(18)25/h6,8-10,14,16-17,21,33H,4-5,7,11-13,15H2,1-3H3,(H2,26,28)(H2,27,29,30)/b8-6-. The smallest absolute Gasteiger partial charge is 0.220 e. The summed E-state index contributed by atoms with van der Waals surface area (Å²) in [6.45, 7) is 7.22. The molecule has 0 saturated carbocycles. The maximum absolute atomic E-state index is 14.8. The number of halogens is 1. The molecule has 2 aromatic heterocycles. The summed E-state index contributed by atoms with van der Waals surface area (Å²) < 4.78 is 14.8. The van der Waals surface area contributed by atoms with Gasteiger partial charge in [-0.2, -0.15) is 0 Å². The van der Waals surface area contributed by atoms with Gasteiger partial charge >= 0.3 is 0 Å². The van der Waals surface area contributed by atoms with Crippen LogP contribution in [0.15, 0.2) is 30.5 Å². The number of aliphatic hydroxyl groups is 1. The molecular formula is C24H36FN7O. The molecule has 180 valence electrons. The molecule has 0 bridgehead atoms. The van der Waals surface area contributed by atoms with Crippen LogP contribution in [0, 0.1) is 5.82 Å². The molecule has 5 N–H and O–H groups in total. The largest absolute Gasteiger partial charge is 0.392 e. The average molecular weight is 458 g/mol. The SMILES string of the molecule is CCCN1CCCC(c2cc(C(C)N(C)C(/C=C\CO)c3ccnc(N)c3F)nc(N)n2)C1. The van der Waals surface area contributed by atoms with E-state index in [1.807, 2.05) is 24.9 Å². The van der Waals surface area contributed by atoms with Crippen molar-refractivity contribution in [2.45, 2.75) is 51.1 Å². The van der Waals surface area contributed by atoms with E-state index in [1.54, 1.807) is 18.2 Å². The monoisotopic (exact) mass is 457 g/mol. The summed E-state index contributed by atoms with van der Waals surface area (Å²) in [5, 5.41) is 9.32. The van der Waals surface area contributed by atoms with Crippen molar-refractivity contribution < 1.29 is 9.50 Å². The van der Waals surface area contributed by atoms with E-state index >= 15 is 0 Å². The van der Waals surface area contributed by atoms with Crippen molar-refractivity contribution in [2.75, 3.05) is 44.8 Å². The van der Waals surface area contributed by atoms with Crippen molar-refractivity contribution >= 4 is 11.8 Å². The zero-order valence-corrected chi connectivity index (χ0v) is 19.8. The molecule has 3 rings (SSSR count). The molecule has 0 amide bonds. The van der Waals surface area contributed by atoms with Crippen LogP contribution in [-0.2, 0) is 0 Å². The maximum atomic E-state index is 14.8. The number of hydrogen-bond acceptors (Lipinski definition) is 8. The lowest BCUT2D eigenvalue weighted by Gasteiger charge is -2.34. The molecule has 33 heavy (non-hydrogen) atoms. The lowest BCUT2D eigenvalue weighted by Crippen LogP contribution is -2.35. The van der Waals surface area contributed by atoms with Gasteiger partial charge in [-0.05, 0) is 58.5 Å². The van der Waals surface area contributed by atoms with E-state index in [-0.39, 0.29) is 24.4 Å². The highest BCUT2D eigenvalue weighted by molar-refractivity contribution is 5.38. The minimum Gasteiger partial charge on any atom is -0.392 e. The van der Waals surface area contributed by atoms with Crippen LogP contribution in [0.25, 0.3) is 0 Å². The molecule has 3 atom stereocenters. The van der Waals surface area contributed by atoms with Crippen LogP contribution in [0.2, 0.25) is 0 Å². The Labute approximate surface area is 195 Å². The minimum atomic E-state index is -0.565. The first-order valence-corrected chi connectivity index (χ1v) is 11.6. The Kier molecular flexibility index (Phi) is 8.71. The summed E-state index contributed by atoms with van der Waals surface area (Å²) in [6, 6.07) is 2.95. The Balaban J connectivity index is 1.90. The average Bonchev–Trinajstić information content (AvgIpc) is 2.81. The molecular weight excluding hydrogens is 421 g/mol. The van der Waals surface area contributed by atoms with Gasteiger partial charge in [-0.1, -0.05) is 19.1 Å². The summed E-state index contributed by atoms with van der Waals surface area (Å²) in [6.07, 6.45) is 8.17. The number of aromatic nitrogens is 3. The van der Waals surface area contributed by atoms with Crippen LogP contribution in [0.5, 0.6) is 0 Å². The zero-order valence-electron chi connectivity index (χ0n) is 19.8. The summed E-state index contributed by atoms with van der Waals surface area (Å²) >= 11 is 0. The van der Waals surface area contributed by atoms with Crippen LogP contribution >= 0.6 is 0 Å². The molecule has 9 heteroatoms. The Bertz CT molecular complexity index is 952. The van der Waals surface area contributed by atoms with Gasteiger partial charge in [0.25, 0.3) is 0 Å². The first-order valence-electron chi connectivity index (χ1n) is 11.6. The van der Waals surface area contributed by atoms with Gasteiger partial charge < -0.3 is 21.5 Å². The highest BCUT2D eigenvalue weighted by atomic mass is 19.1. The van der Waals surface area contributed by atoms with Crippen LogP contribution in [0.4, 0.5) is 16.2 Å². The number of piperidine rings is 1.